The lowest BCUT2D eigenvalue weighted by Crippen LogP contribution is -2.25. The molecule has 9 nitrogen and oxygen atoms in total. The Bertz CT molecular complexity index is 1080. The number of para-hydroxylation sites is 2. The number of oxazole rings is 1. The number of fused-ring (bicyclic) bond motifs is 1. The van der Waals surface area contributed by atoms with E-state index >= 15 is 0 Å². The highest BCUT2D eigenvalue weighted by atomic mass is 32.2. The van der Waals surface area contributed by atoms with E-state index in [1.165, 1.54) is 9.25 Å². The van der Waals surface area contributed by atoms with Gasteiger partial charge in [-0.15, -0.1) is 0 Å². The zero-order chi connectivity index (χ0) is 18.0. The first kappa shape index (κ1) is 17.0. The number of carbonyl (C=O) groups excluding carboxylic acids is 1. The molecule has 0 aliphatic rings. The number of carbonyl (C=O) groups is 1. The smallest absolute Gasteiger partial charge is 0.408 e. The minimum Gasteiger partial charge on any atom is -0.408 e. The highest BCUT2D eigenvalue weighted by Gasteiger charge is 2.13. The van der Waals surface area contributed by atoms with E-state index in [0.29, 0.717) is 11.1 Å². The summed E-state index contributed by atoms with van der Waals surface area (Å²) in [6.07, 6.45) is 2.71. The minimum atomic E-state index is -3.09. The Hall–Kier alpha value is -2.88. The van der Waals surface area contributed by atoms with Crippen molar-refractivity contribution in [2.24, 2.45) is 0 Å². The number of hydrogen-bond acceptors (Lipinski definition) is 6. The molecule has 3 aromatic rings. The standard InChI is InChI=1S/C15H16N4O5S/c1-25(22,23)9-8-18-7-6-13(17-18)16-14(20)10-19-11-4-2-3-5-12(11)24-15(19)21/h2-7H,8-10H2,1H3,(H,16,17,20). The molecule has 2 aromatic heterocycles. The maximum absolute atomic E-state index is 12.1. The van der Waals surface area contributed by atoms with Gasteiger partial charge in [-0.1, -0.05) is 12.1 Å². The second-order valence-corrected chi connectivity index (χ2v) is 7.82. The summed E-state index contributed by atoms with van der Waals surface area (Å²) in [5, 5.41) is 6.64. The Labute approximate surface area is 142 Å². The zero-order valence-electron chi connectivity index (χ0n) is 13.4. The fraction of sp³-hybridized carbons (Fsp3) is 0.267. The molecular formula is C15H16N4O5S. The molecule has 0 unspecified atom stereocenters. The molecule has 0 bridgehead atoms. The van der Waals surface area contributed by atoms with Gasteiger partial charge in [0.05, 0.1) is 17.8 Å². The monoisotopic (exact) mass is 364 g/mol. The molecule has 3 rings (SSSR count). The van der Waals surface area contributed by atoms with Crippen LogP contribution in [0.25, 0.3) is 11.1 Å². The van der Waals surface area contributed by atoms with Crippen molar-refractivity contribution in [1.29, 1.82) is 0 Å². The molecule has 0 radical (unpaired) electrons. The number of aromatic nitrogens is 3. The van der Waals surface area contributed by atoms with Gasteiger partial charge in [-0.3, -0.25) is 14.0 Å². The molecule has 1 aromatic carbocycles. The molecule has 25 heavy (non-hydrogen) atoms. The number of benzene rings is 1. The van der Waals surface area contributed by atoms with Gasteiger partial charge in [-0.25, -0.2) is 13.2 Å². The van der Waals surface area contributed by atoms with Gasteiger partial charge < -0.3 is 9.73 Å². The molecule has 10 heteroatoms. The number of rotatable bonds is 6. The lowest BCUT2D eigenvalue weighted by molar-refractivity contribution is -0.116. The second-order valence-electron chi connectivity index (χ2n) is 5.56. The average Bonchev–Trinajstić information content (AvgIpc) is 3.10. The minimum absolute atomic E-state index is 0.0432. The first-order chi connectivity index (χ1) is 11.8. The average molecular weight is 364 g/mol. The molecule has 0 atom stereocenters. The first-order valence-electron chi connectivity index (χ1n) is 7.41. The number of nitrogens with one attached hydrogen (secondary N) is 1. The lowest BCUT2D eigenvalue weighted by atomic mass is 10.3. The van der Waals surface area contributed by atoms with E-state index in [1.54, 1.807) is 36.5 Å². The molecule has 132 valence electrons. The van der Waals surface area contributed by atoms with E-state index in [9.17, 15) is 18.0 Å². The van der Waals surface area contributed by atoms with Gasteiger partial charge in [0.2, 0.25) is 5.91 Å². The predicted octanol–water partition coefficient (Wildman–Crippen LogP) is 0.474. The zero-order valence-corrected chi connectivity index (χ0v) is 14.2. The Kier molecular flexibility index (Phi) is 4.45. The van der Waals surface area contributed by atoms with Gasteiger partial charge in [0, 0.05) is 18.5 Å². The quantitative estimate of drug-likeness (QED) is 0.680. The third-order valence-electron chi connectivity index (χ3n) is 3.47. The van der Waals surface area contributed by atoms with Crippen LogP contribution in [0.4, 0.5) is 5.82 Å². The van der Waals surface area contributed by atoms with Gasteiger partial charge in [0.25, 0.3) is 0 Å². The SMILES string of the molecule is CS(=O)(=O)CCn1ccc(NC(=O)Cn2c(=O)oc3ccccc32)n1. The molecule has 2 heterocycles. The molecule has 0 aliphatic heterocycles. The summed E-state index contributed by atoms with van der Waals surface area (Å²) in [4.78, 5) is 24.0. The molecule has 1 amide bonds. The maximum Gasteiger partial charge on any atom is 0.420 e. The van der Waals surface area contributed by atoms with Crippen LogP contribution in [-0.4, -0.2) is 40.7 Å². The summed E-state index contributed by atoms with van der Waals surface area (Å²) < 4.78 is 30.0. The van der Waals surface area contributed by atoms with Crippen molar-refractivity contribution in [3.63, 3.8) is 0 Å². The van der Waals surface area contributed by atoms with E-state index in [1.807, 2.05) is 0 Å². The topological polar surface area (TPSA) is 116 Å². The summed E-state index contributed by atoms with van der Waals surface area (Å²) >= 11 is 0. The van der Waals surface area contributed by atoms with Crippen LogP contribution in [0.3, 0.4) is 0 Å². The number of hydrogen-bond donors (Lipinski definition) is 1. The molecule has 0 aliphatic carbocycles. The number of aryl methyl sites for hydroxylation is 1. The Morgan fingerprint density at radius 1 is 1.28 bits per heavy atom. The molecule has 1 N–H and O–H groups in total. The lowest BCUT2D eigenvalue weighted by Gasteiger charge is -2.03. The van der Waals surface area contributed by atoms with Crippen LogP contribution in [0, 0.1) is 0 Å². The summed E-state index contributed by atoms with van der Waals surface area (Å²) in [5.74, 6) is -0.824. The van der Waals surface area contributed by atoms with Crippen LogP contribution >= 0.6 is 0 Å². The number of amides is 1. The second kappa shape index (κ2) is 6.55. The highest BCUT2D eigenvalue weighted by Crippen LogP contribution is 2.12. The van der Waals surface area contributed by atoms with Gasteiger partial charge in [0.1, 0.15) is 16.4 Å². The molecule has 0 saturated carbocycles. The molecule has 0 fully saturated rings. The van der Waals surface area contributed by atoms with Crippen LogP contribution in [0.5, 0.6) is 0 Å². The van der Waals surface area contributed by atoms with Crippen molar-refractivity contribution in [1.82, 2.24) is 14.3 Å². The van der Waals surface area contributed by atoms with E-state index in [-0.39, 0.29) is 24.7 Å². The van der Waals surface area contributed by atoms with Crippen molar-refractivity contribution >= 4 is 32.7 Å². The highest BCUT2D eigenvalue weighted by molar-refractivity contribution is 7.90. The molecular weight excluding hydrogens is 348 g/mol. The fourth-order valence-electron chi connectivity index (χ4n) is 2.30. The van der Waals surface area contributed by atoms with E-state index < -0.39 is 21.5 Å². The van der Waals surface area contributed by atoms with Crippen LogP contribution < -0.4 is 11.1 Å². The summed E-state index contributed by atoms with van der Waals surface area (Å²) in [5.41, 5.74) is 0.937. The molecule has 0 spiro atoms. The van der Waals surface area contributed by atoms with Crippen LogP contribution in [0.2, 0.25) is 0 Å². The fourth-order valence-corrected chi connectivity index (χ4v) is 2.82. The number of sulfone groups is 1. The summed E-state index contributed by atoms with van der Waals surface area (Å²) in [7, 11) is -3.09. The Morgan fingerprint density at radius 2 is 2.04 bits per heavy atom. The van der Waals surface area contributed by atoms with Gasteiger partial charge in [-0.2, -0.15) is 5.10 Å². The third-order valence-corrected chi connectivity index (χ3v) is 4.40. The Balaban J connectivity index is 1.67. The van der Waals surface area contributed by atoms with Crippen molar-refractivity contribution in [3.8, 4) is 0 Å². The molecule has 0 saturated heterocycles. The van der Waals surface area contributed by atoms with E-state index in [4.69, 9.17) is 4.42 Å². The van der Waals surface area contributed by atoms with Gasteiger partial charge in [-0.05, 0) is 12.1 Å². The van der Waals surface area contributed by atoms with E-state index in [2.05, 4.69) is 10.4 Å². The van der Waals surface area contributed by atoms with Crippen molar-refractivity contribution in [3.05, 3.63) is 47.1 Å². The van der Waals surface area contributed by atoms with Gasteiger partial charge in [0.15, 0.2) is 11.4 Å². The number of anilines is 1. The largest absolute Gasteiger partial charge is 0.420 e. The van der Waals surface area contributed by atoms with Crippen molar-refractivity contribution in [2.75, 3.05) is 17.3 Å². The summed E-state index contributed by atoms with van der Waals surface area (Å²) in [6.45, 7) is -0.0213. The summed E-state index contributed by atoms with van der Waals surface area (Å²) in [6, 6.07) is 8.37. The van der Waals surface area contributed by atoms with Crippen LogP contribution in [-0.2, 0) is 27.7 Å². The van der Waals surface area contributed by atoms with Crippen molar-refractivity contribution in [2.45, 2.75) is 13.1 Å². The maximum atomic E-state index is 12.1. The van der Waals surface area contributed by atoms with Crippen LogP contribution in [0.1, 0.15) is 0 Å². The normalized spacial score (nSPS) is 11.7. The van der Waals surface area contributed by atoms with Crippen LogP contribution in [0.15, 0.2) is 45.7 Å². The third kappa shape index (κ3) is 4.15. The Morgan fingerprint density at radius 3 is 2.80 bits per heavy atom. The predicted molar refractivity (Wildman–Crippen MR) is 91.0 cm³/mol. The van der Waals surface area contributed by atoms with Gasteiger partial charge >= 0.3 is 5.76 Å². The first-order valence-corrected chi connectivity index (χ1v) is 9.47. The van der Waals surface area contributed by atoms with Crippen molar-refractivity contribution < 1.29 is 17.6 Å². The van der Waals surface area contributed by atoms with E-state index in [0.717, 1.165) is 6.26 Å². The number of nitrogens with zero attached hydrogens (tertiary/aromatic N) is 3.